The van der Waals surface area contributed by atoms with Crippen molar-refractivity contribution in [2.24, 2.45) is 0 Å². The molecule has 0 atom stereocenters. The Hall–Kier alpha value is -3.83. The summed E-state index contributed by atoms with van der Waals surface area (Å²) in [6, 6.07) is 7.10. The second kappa shape index (κ2) is 8.84. The summed E-state index contributed by atoms with van der Waals surface area (Å²) in [5.74, 6) is 0. The lowest BCUT2D eigenvalue weighted by atomic mass is 10.0. The van der Waals surface area contributed by atoms with E-state index in [1.54, 1.807) is 12.1 Å². The van der Waals surface area contributed by atoms with Gasteiger partial charge in [0.05, 0.1) is 32.1 Å². The maximum Gasteiger partial charge on any atom is 0.336 e. The van der Waals surface area contributed by atoms with Crippen LogP contribution in [0.15, 0.2) is 44.7 Å². The van der Waals surface area contributed by atoms with E-state index >= 15 is 0 Å². The van der Waals surface area contributed by atoms with Gasteiger partial charge in [-0.3, -0.25) is 28.7 Å². The van der Waals surface area contributed by atoms with E-state index in [1.165, 1.54) is 22.6 Å². The second-order valence-corrected chi connectivity index (χ2v) is 8.78. The molecule has 1 N–H and O–H groups in total. The molecule has 11 nitrogen and oxygen atoms in total. The van der Waals surface area contributed by atoms with E-state index in [9.17, 15) is 24.5 Å². The zero-order valence-corrected chi connectivity index (χ0v) is 19.5. The van der Waals surface area contributed by atoms with E-state index in [0.717, 1.165) is 4.57 Å². The lowest BCUT2D eigenvalue weighted by molar-refractivity contribution is -0.384. The molecule has 0 spiro atoms. The molecule has 0 radical (unpaired) electrons. The minimum atomic E-state index is -0.589. The quantitative estimate of drug-likeness (QED) is 0.177. The number of non-ortho nitro benzene ring substituents is 1. The lowest BCUT2D eigenvalue weighted by Gasteiger charge is -2.18. The van der Waals surface area contributed by atoms with Crippen molar-refractivity contribution in [3.8, 4) is 0 Å². The van der Waals surface area contributed by atoms with Gasteiger partial charge in [0.15, 0.2) is 5.43 Å². The highest BCUT2D eigenvalue weighted by molar-refractivity contribution is 6.07. The number of anilines is 1. The van der Waals surface area contributed by atoms with Crippen molar-refractivity contribution in [2.45, 2.75) is 6.54 Å². The monoisotopic (exact) mass is 466 g/mol. The molecule has 0 aliphatic rings. The highest BCUT2D eigenvalue weighted by atomic mass is 16.6. The number of nitro groups is 1. The number of benzene rings is 2. The molecule has 2 aromatic carbocycles. The molecule has 2 aromatic heterocycles. The topological polar surface area (TPSA) is 122 Å². The van der Waals surface area contributed by atoms with E-state index in [4.69, 9.17) is 0 Å². The molecule has 0 aliphatic heterocycles. The van der Waals surface area contributed by atoms with Crippen LogP contribution in [-0.2, 0) is 6.54 Å². The van der Waals surface area contributed by atoms with Crippen LogP contribution in [0.5, 0.6) is 0 Å². The van der Waals surface area contributed by atoms with Crippen LogP contribution in [0.1, 0.15) is 0 Å². The van der Waals surface area contributed by atoms with Gasteiger partial charge in [0.25, 0.3) is 11.2 Å². The fourth-order valence-electron chi connectivity index (χ4n) is 4.11. The number of nitrogens with zero attached hydrogens (tertiary/aromatic N) is 5. The van der Waals surface area contributed by atoms with Gasteiger partial charge in [-0.25, -0.2) is 4.79 Å². The third kappa shape index (κ3) is 3.88. The van der Waals surface area contributed by atoms with Crippen molar-refractivity contribution >= 4 is 38.6 Å². The molecule has 0 saturated heterocycles. The van der Waals surface area contributed by atoms with Crippen molar-refractivity contribution in [3.63, 3.8) is 0 Å². The second-order valence-electron chi connectivity index (χ2n) is 8.78. The normalized spacial score (nSPS) is 11.9. The van der Waals surface area contributed by atoms with Crippen LogP contribution in [0.3, 0.4) is 0 Å². The molecule has 0 saturated carbocycles. The van der Waals surface area contributed by atoms with Crippen molar-refractivity contribution in [1.82, 2.24) is 18.8 Å². The fourth-order valence-corrected chi connectivity index (χ4v) is 4.11. The van der Waals surface area contributed by atoms with Crippen LogP contribution in [-0.4, -0.2) is 71.5 Å². The first-order valence-electron chi connectivity index (χ1n) is 10.8. The summed E-state index contributed by atoms with van der Waals surface area (Å²) in [7, 11) is 7.51. The average molecular weight is 466 g/mol. The Morgan fingerprint density at radius 1 is 0.971 bits per heavy atom. The molecular weight excluding hydrogens is 440 g/mol. The summed E-state index contributed by atoms with van der Waals surface area (Å²) in [6.45, 7) is 1.83. The van der Waals surface area contributed by atoms with Crippen LogP contribution in [0.2, 0.25) is 0 Å². The molecule has 4 rings (SSSR count). The third-order valence-corrected chi connectivity index (χ3v) is 5.85. The Balaban J connectivity index is 2.15. The van der Waals surface area contributed by atoms with Gasteiger partial charge >= 0.3 is 5.69 Å². The van der Waals surface area contributed by atoms with Crippen LogP contribution >= 0.6 is 0 Å². The number of nitrogens with one attached hydrogen (secondary N) is 1. The van der Waals surface area contributed by atoms with E-state index < -0.39 is 21.6 Å². The molecule has 0 fully saturated rings. The van der Waals surface area contributed by atoms with Crippen molar-refractivity contribution in [3.05, 3.63) is 71.5 Å². The number of fused-ring (bicyclic) bond motifs is 2. The van der Waals surface area contributed by atoms with Gasteiger partial charge in [0, 0.05) is 44.0 Å². The van der Waals surface area contributed by atoms with E-state index in [0.29, 0.717) is 25.3 Å². The summed E-state index contributed by atoms with van der Waals surface area (Å²) in [6.07, 6.45) is 0. The highest BCUT2D eigenvalue weighted by Gasteiger charge is 2.22. The van der Waals surface area contributed by atoms with Gasteiger partial charge in [-0.1, -0.05) is 0 Å². The molecule has 0 amide bonds. The smallest absolute Gasteiger partial charge is 0.336 e. The number of nitro benzene ring substituents is 1. The lowest BCUT2D eigenvalue weighted by Crippen LogP contribution is -2.40. The summed E-state index contributed by atoms with van der Waals surface area (Å²) >= 11 is 0. The molecule has 4 aromatic rings. The SMILES string of the molecule is CN(C)CCNc1ccc2c(=O)n(CCN(C)C)c(=O)n3c4ccc([N+](=O)[O-])cc4c(=O)c1c23. The highest BCUT2D eigenvalue weighted by Crippen LogP contribution is 2.28. The summed E-state index contributed by atoms with van der Waals surface area (Å²) < 4.78 is 2.48. The molecular formula is C23H26N6O5. The van der Waals surface area contributed by atoms with Crippen LogP contribution in [0, 0.1) is 10.1 Å². The van der Waals surface area contributed by atoms with Crippen LogP contribution in [0.4, 0.5) is 11.4 Å². The Kier molecular flexibility index (Phi) is 6.07. The first-order chi connectivity index (χ1) is 16.1. The molecule has 11 heteroatoms. The zero-order valence-electron chi connectivity index (χ0n) is 19.5. The number of pyridine rings is 1. The predicted molar refractivity (Wildman–Crippen MR) is 133 cm³/mol. The van der Waals surface area contributed by atoms with E-state index in [-0.39, 0.29) is 39.4 Å². The fraction of sp³-hybridized carbons (Fsp3) is 0.348. The number of hydrogen-bond donors (Lipinski definition) is 1. The van der Waals surface area contributed by atoms with Gasteiger partial charge in [0.1, 0.15) is 0 Å². The first-order valence-corrected chi connectivity index (χ1v) is 10.8. The van der Waals surface area contributed by atoms with Crippen LogP contribution < -0.4 is 22.0 Å². The Labute approximate surface area is 193 Å². The molecule has 0 unspecified atom stereocenters. The zero-order chi connectivity index (χ0) is 24.7. The maximum absolute atomic E-state index is 13.6. The van der Waals surface area contributed by atoms with Gasteiger partial charge in [-0.2, -0.15) is 0 Å². The number of aromatic nitrogens is 2. The first kappa shape index (κ1) is 23.3. The van der Waals surface area contributed by atoms with E-state index in [1.807, 2.05) is 38.0 Å². The summed E-state index contributed by atoms with van der Waals surface area (Å²) in [5, 5.41) is 15.0. The van der Waals surface area contributed by atoms with Gasteiger partial charge in [-0.05, 0) is 46.4 Å². The van der Waals surface area contributed by atoms with Crippen LogP contribution in [0.25, 0.3) is 27.2 Å². The molecule has 34 heavy (non-hydrogen) atoms. The predicted octanol–water partition coefficient (Wildman–Crippen LogP) is 1.01. The maximum atomic E-state index is 13.6. The largest absolute Gasteiger partial charge is 0.383 e. The average Bonchev–Trinajstić information content (AvgIpc) is 2.77. The minimum absolute atomic E-state index is 0.0461. The minimum Gasteiger partial charge on any atom is -0.383 e. The van der Waals surface area contributed by atoms with Gasteiger partial charge < -0.3 is 15.1 Å². The number of likely N-dealkylation sites (N-methyl/N-ethyl adjacent to an activating group) is 2. The van der Waals surface area contributed by atoms with Crippen molar-refractivity contribution in [2.75, 3.05) is 53.1 Å². The number of hydrogen-bond acceptors (Lipinski definition) is 8. The molecule has 2 heterocycles. The van der Waals surface area contributed by atoms with Crippen molar-refractivity contribution in [1.29, 1.82) is 0 Å². The number of rotatable bonds is 8. The molecule has 178 valence electrons. The molecule has 0 bridgehead atoms. The van der Waals surface area contributed by atoms with Gasteiger partial charge in [-0.15, -0.1) is 0 Å². The van der Waals surface area contributed by atoms with E-state index in [2.05, 4.69) is 5.32 Å². The third-order valence-electron chi connectivity index (χ3n) is 5.85. The summed E-state index contributed by atoms with van der Waals surface area (Å²) in [4.78, 5) is 55.1. The standard InChI is InChI=1S/C23H26N6O5/c1-25(2)10-9-24-17-7-6-15-20-19(17)21(30)16-13-14(29(33)34)5-8-18(16)28(20)23(32)27(22(15)31)12-11-26(3)4/h5-8,13,24H,9-12H2,1-4H3. The van der Waals surface area contributed by atoms with Gasteiger partial charge in [0.2, 0.25) is 0 Å². The Morgan fingerprint density at radius 2 is 1.68 bits per heavy atom. The Morgan fingerprint density at radius 3 is 2.32 bits per heavy atom. The Bertz CT molecular complexity index is 1590. The molecule has 0 aliphatic carbocycles. The summed E-state index contributed by atoms with van der Waals surface area (Å²) in [5.41, 5.74) is -0.874. The van der Waals surface area contributed by atoms with Crippen molar-refractivity contribution < 1.29 is 4.92 Å².